The molecule has 0 saturated carbocycles. The molecule has 9 nitrogen and oxygen atoms in total. The van der Waals surface area contributed by atoms with E-state index in [0.717, 1.165) is 69.6 Å². The van der Waals surface area contributed by atoms with Crippen LogP contribution in [0.2, 0.25) is 0 Å². The van der Waals surface area contributed by atoms with Gasteiger partial charge in [0.05, 0.1) is 26.0 Å². The van der Waals surface area contributed by atoms with Crippen LogP contribution in [-0.4, -0.2) is 64.1 Å². The van der Waals surface area contributed by atoms with Gasteiger partial charge in [-0.3, -0.25) is 0 Å². The number of hydrogen-bond acceptors (Lipinski definition) is 8. The summed E-state index contributed by atoms with van der Waals surface area (Å²) in [5.41, 5.74) is 0.210. The number of ether oxygens (including phenoxy) is 2. The maximum absolute atomic E-state index is 11.5. The Balaban J connectivity index is 1.43. The fourth-order valence-corrected chi connectivity index (χ4v) is 3.37. The number of carbonyl (C=O) groups excluding carboxylic acids is 1. The SMILES string of the molecule is COC(=O)c1cnc(N2CCc3nc(C4CCOCC4)nn3CC2)cn1. The normalized spacial score (nSPS) is 18.3. The van der Waals surface area contributed by atoms with Crippen LogP contribution >= 0.6 is 0 Å². The quantitative estimate of drug-likeness (QED) is 0.744. The van der Waals surface area contributed by atoms with Crippen LogP contribution in [0.1, 0.15) is 40.9 Å². The third-order valence-electron chi connectivity index (χ3n) is 4.89. The van der Waals surface area contributed by atoms with Crippen LogP contribution in [0.3, 0.4) is 0 Å². The van der Waals surface area contributed by atoms with Crippen molar-refractivity contribution in [1.82, 2.24) is 24.7 Å². The van der Waals surface area contributed by atoms with Crippen molar-refractivity contribution < 1.29 is 14.3 Å². The molecule has 138 valence electrons. The van der Waals surface area contributed by atoms with Crippen molar-refractivity contribution in [2.24, 2.45) is 0 Å². The Hall–Kier alpha value is -2.55. The number of esters is 1. The topological polar surface area (TPSA) is 95.3 Å². The molecule has 0 spiro atoms. The summed E-state index contributed by atoms with van der Waals surface area (Å²) in [5.74, 6) is 2.65. The standard InChI is InChI=1S/C17H22N6O3/c1-25-17(24)13-10-19-15(11-18-13)22-5-2-14-20-16(21-23(14)7-6-22)12-3-8-26-9-4-12/h10-12H,2-9H2,1H3. The lowest BCUT2D eigenvalue weighted by Gasteiger charge is -2.21. The Morgan fingerprint density at radius 3 is 2.77 bits per heavy atom. The summed E-state index contributed by atoms with van der Waals surface area (Å²) in [6.45, 7) is 3.91. The number of aromatic nitrogens is 5. The van der Waals surface area contributed by atoms with Gasteiger partial charge < -0.3 is 14.4 Å². The van der Waals surface area contributed by atoms with E-state index >= 15 is 0 Å². The first-order valence-corrected chi connectivity index (χ1v) is 8.91. The van der Waals surface area contributed by atoms with Gasteiger partial charge in [-0.15, -0.1) is 0 Å². The summed E-state index contributed by atoms with van der Waals surface area (Å²) in [6, 6.07) is 0. The summed E-state index contributed by atoms with van der Waals surface area (Å²) >= 11 is 0. The summed E-state index contributed by atoms with van der Waals surface area (Å²) in [6.07, 6.45) is 5.86. The first kappa shape index (κ1) is 16.9. The zero-order chi connectivity index (χ0) is 17.9. The molecule has 0 N–H and O–H groups in total. The molecule has 4 rings (SSSR count). The van der Waals surface area contributed by atoms with E-state index in [1.54, 1.807) is 6.20 Å². The smallest absolute Gasteiger partial charge is 0.358 e. The fraction of sp³-hybridized carbons (Fsp3) is 0.588. The van der Waals surface area contributed by atoms with Crippen molar-refractivity contribution in [2.45, 2.75) is 31.7 Å². The van der Waals surface area contributed by atoms with Crippen molar-refractivity contribution in [3.63, 3.8) is 0 Å². The number of hydrogen-bond donors (Lipinski definition) is 0. The monoisotopic (exact) mass is 358 g/mol. The molecule has 2 aromatic rings. The molecule has 1 saturated heterocycles. The van der Waals surface area contributed by atoms with E-state index in [-0.39, 0.29) is 5.69 Å². The average Bonchev–Trinajstić information content (AvgIpc) is 3.01. The van der Waals surface area contributed by atoms with Gasteiger partial charge in [0.25, 0.3) is 0 Å². The van der Waals surface area contributed by atoms with E-state index in [0.29, 0.717) is 5.92 Å². The van der Waals surface area contributed by atoms with Gasteiger partial charge in [0.15, 0.2) is 11.5 Å². The number of methoxy groups -OCH3 is 1. The summed E-state index contributed by atoms with van der Waals surface area (Å²) in [5, 5.41) is 4.74. The zero-order valence-corrected chi connectivity index (χ0v) is 14.8. The number of nitrogens with zero attached hydrogens (tertiary/aromatic N) is 6. The Labute approximate surface area is 151 Å². The largest absolute Gasteiger partial charge is 0.464 e. The van der Waals surface area contributed by atoms with Crippen molar-refractivity contribution in [3.8, 4) is 0 Å². The Bertz CT molecular complexity index is 744. The van der Waals surface area contributed by atoms with Gasteiger partial charge in [0.2, 0.25) is 0 Å². The van der Waals surface area contributed by atoms with Crippen molar-refractivity contribution >= 4 is 11.8 Å². The van der Waals surface area contributed by atoms with E-state index in [2.05, 4.69) is 19.6 Å². The molecular formula is C17H22N6O3. The molecule has 9 heteroatoms. The molecular weight excluding hydrogens is 336 g/mol. The van der Waals surface area contributed by atoms with Gasteiger partial charge in [-0.1, -0.05) is 0 Å². The molecule has 0 amide bonds. The van der Waals surface area contributed by atoms with Crippen LogP contribution in [0.4, 0.5) is 5.82 Å². The highest BCUT2D eigenvalue weighted by atomic mass is 16.5. The maximum atomic E-state index is 11.5. The molecule has 1 fully saturated rings. The van der Waals surface area contributed by atoms with E-state index < -0.39 is 5.97 Å². The van der Waals surface area contributed by atoms with Crippen LogP contribution < -0.4 is 4.90 Å². The molecule has 0 bridgehead atoms. The molecule has 0 unspecified atom stereocenters. The molecule has 0 aromatic carbocycles. The average molecular weight is 358 g/mol. The summed E-state index contributed by atoms with van der Waals surface area (Å²) in [7, 11) is 1.33. The third-order valence-corrected chi connectivity index (χ3v) is 4.89. The second-order valence-electron chi connectivity index (χ2n) is 6.48. The Morgan fingerprint density at radius 1 is 1.19 bits per heavy atom. The van der Waals surface area contributed by atoms with Crippen LogP contribution in [0.5, 0.6) is 0 Å². The predicted octanol–water partition coefficient (Wildman–Crippen LogP) is 0.811. The second kappa shape index (κ2) is 7.36. The van der Waals surface area contributed by atoms with Gasteiger partial charge in [0.1, 0.15) is 11.6 Å². The van der Waals surface area contributed by atoms with Crippen molar-refractivity contribution in [2.75, 3.05) is 38.3 Å². The first-order valence-electron chi connectivity index (χ1n) is 8.91. The summed E-state index contributed by atoms with van der Waals surface area (Å²) in [4.78, 5) is 26.9. The van der Waals surface area contributed by atoms with Gasteiger partial charge in [-0.25, -0.2) is 24.4 Å². The minimum Gasteiger partial charge on any atom is -0.464 e. The van der Waals surface area contributed by atoms with E-state index in [1.165, 1.54) is 13.3 Å². The van der Waals surface area contributed by atoms with E-state index in [9.17, 15) is 4.79 Å². The highest BCUT2D eigenvalue weighted by molar-refractivity contribution is 5.86. The lowest BCUT2D eigenvalue weighted by molar-refractivity contribution is 0.0593. The lowest BCUT2D eigenvalue weighted by atomic mass is 10.00. The van der Waals surface area contributed by atoms with Crippen molar-refractivity contribution in [3.05, 3.63) is 29.7 Å². The fourth-order valence-electron chi connectivity index (χ4n) is 3.37. The molecule has 4 heterocycles. The Kier molecular flexibility index (Phi) is 4.79. The minimum absolute atomic E-state index is 0.210. The number of fused-ring (bicyclic) bond motifs is 1. The van der Waals surface area contributed by atoms with Crippen LogP contribution in [0, 0.1) is 0 Å². The predicted molar refractivity (Wildman–Crippen MR) is 92.1 cm³/mol. The molecule has 0 radical (unpaired) electrons. The molecule has 2 aliphatic heterocycles. The highest BCUT2D eigenvalue weighted by Crippen LogP contribution is 2.25. The van der Waals surface area contributed by atoms with Crippen LogP contribution in [0.25, 0.3) is 0 Å². The van der Waals surface area contributed by atoms with Crippen LogP contribution in [0.15, 0.2) is 12.4 Å². The Morgan fingerprint density at radius 2 is 2.04 bits per heavy atom. The third kappa shape index (κ3) is 3.39. The van der Waals surface area contributed by atoms with E-state index in [4.69, 9.17) is 14.8 Å². The number of anilines is 1. The second-order valence-corrected chi connectivity index (χ2v) is 6.48. The van der Waals surface area contributed by atoms with Gasteiger partial charge in [-0.2, -0.15) is 5.10 Å². The zero-order valence-electron chi connectivity index (χ0n) is 14.8. The van der Waals surface area contributed by atoms with Crippen molar-refractivity contribution in [1.29, 1.82) is 0 Å². The molecule has 2 aromatic heterocycles. The minimum atomic E-state index is -0.482. The van der Waals surface area contributed by atoms with Gasteiger partial charge >= 0.3 is 5.97 Å². The van der Waals surface area contributed by atoms with Gasteiger partial charge in [0, 0.05) is 38.6 Å². The molecule has 26 heavy (non-hydrogen) atoms. The highest BCUT2D eigenvalue weighted by Gasteiger charge is 2.24. The molecule has 0 atom stereocenters. The van der Waals surface area contributed by atoms with Crippen LogP contribution in [-0.2, 0) is 22.4 Å². The number of carbonyl (C=O) groups is 1. The number of rotatable bonds is 3. The van der Waals surface area contributed by atoms with E-state index in [1.807, 2.05) is 4.68 Å². The summed E-state index contributed by atoms with van der Waals surface area (Å²) < 4.78 is 12.1. The first-order chi connectivity index (χ1) is 12.7. The maximum Gasteiger partial charge on any atom is 0.358 e. The lowest BCUT2D eigenvalue weighted by Crippen LogP contribution is -2.28. The molecule has 0 aliphatic carbocycles. The van der Waals surface area contributed by atoms with Gasteiger partial charge in [-0.05, 0) is 12.8 Å². The molecule has 2 aliphatic rings.